The molecule has 0 saturated carbocycles. The standard InChI is InChI=1S/C21H18ClN3O2/c1-25-19(10-13-4-2-3-5-16(13)21(25)27)20(26)23-9-8-14-12-24-18-7-6-15(22)11-17(14)18/h2-7,10-12,24H,8-9H2,1H3,(H,23,26). The minimum Gasteiger partial charge on any atom is -0.361 e. The van der Waals surface area contributed by atoms with Gasteiger partial charge in [0.15, 0.2) is 0 Å². The Morgan fingerprint density at radius 3 is 2.81 bits per heavy atom. The van der Waals surface area contributed by atoms with E-state index in [1.165, 1.54) is 4.57 Å². The number of nitrogens with one attached hydrogen (secondary N) is 2. The molecular weight excluding hydrogens is 362 g/mol. The molecule has 1 amide bonds. The number of amides is 1. The van der Waals surface area contributed by atoms with Crippen LogP contribution in [-0.2, 0) is 13.5 Å². The van der Waals surface area contributed by atoms with Crippen LogP contribution < -0.4 is 10.9 Å². The molecule has 0 unspecified atom stereocenters. The molecule has 2 aromatic carbocycles. The SMILES string of the molecule is Cn1c(C(=O)NCCc2c[nH]c3ccc(Cl)cc23)cc2ccccc2c1=O. The molecule has 0 radical (unpaired) electrons. The molecule has 0 atom stereocenters. The molecule has 6 heteroatoms. The summed E-state index contributed by atoms with van der Waals surface area (Å²) in [7, 11) is 1.62. The van der Waals surface area contributed by atoms with Gasteiger partial charge in [0.1, 0.15) is 5.69 Å². The van der Waals surface area contributed by atoms with Crippen LogP contribution in [0.1, 0.15) is 16.1 Å². The lowest BCUT2D eigenvalue weighted by atomic mass is 10.1. The first kappa shape index (κ1) is 17.4. The topological polar surface area (TPSA) is 66.9 Å². The van der Waals surface area contributed by atoms with Gasteiger partial charge in [0.05, 0.1) is 0 Å². The average molecular weight is 380 g/mol. The van der Waals surface area contributed by atoms with Crippen LogP contribution in [0.25, 0.3) is 21.7 Å². The number of aromatic nitrogens is 2. The van der Waals surface area contributed by atoms with Gasteiger partial charge in [-0.1, -0.05) is 29.8 Å². The number of hydrogen-bond acceptors (Lipinski definition) is 2. The number of aromatic amines is 1. The molecule has 0 fully saturated rings. The van der Waals surface area contributed by atoms with E-state index in [2.05, 4.69) is 10.3 Å². The molecular formula is C21H18ClN3O2. The van der Waals surface area contributed by atoms with Gasteiger partial charge in [-0.15, -0.1) is 0 Å². The Hall–Kier alpha value is -3.05. The van der Waals surface area contributed by atoms with Gasteiger partial charge in [0, 0.05) is 41.1 Å². The quantitative estimate of drug-likeness (QED) is 0.568. The van der Waals surface area contributed by atoms with Crippen LogP contribution in [0.5, 0.6) is 0 Å². The molecule has 0 spiro atoms. The van der Waals surface area contributed by atoms with Crippen LogP contribution in [0.3, 0.4) is 0 Å². The molecule has 4 rings (SSSR count). The van der Waals surface area contributed by atoms with E-state index in [0.29, 0.717) is 29.1 Å². The van der Waals surface area contributed by atoms with Gasteiger partial charge in [-0.25, -0.2) is 0 Å². The first-order valence-corrected chi connectivity index (χ1v) is 9.05. The summed E-state index contributed by atoms with van der Waals surface area (Å²) in [5.74, 6) is -0.266. The molecule has 0 aliphatic carbocycles. The van der Waals surface area contributed by atoms with Crippen molar-refractivity contribution < 1.29 is 4.79 Å². The van der Waals surface area contributed by atoms with E-state index in [-0.39, 0.29) is 11.5 Å². The van der Waals surface area contributed by atoms with Gasteiger partial charge in [0.25, 0.3) is 11.5 Å². The van der Waals surface area contributed by atoms with E-state index >= 15 is 0 Å². The molecule has 0 bridgehead atoms. The number of H-pyrrole nitrogens is 1. The number of rotatable bonds is 4. The van der Waals surface area contributed by atoms with E-state index in [9.17, 15) is 9.59 Å². The lowest BCUT2D eigenvalue weighted by molar-refractivity contribution is 0.0945. The Kier molecular flexibility index (Phi) is 4.46. The minimum atomic E-state index is -0.266. The fourth-order valence-electron chi connectivity index (χ4n) is 3.33. The van der Waals surface area contributed by atoms with Crippen molar-refractivity contribution in [3.8, 4) is 0 Å². The van der Waals surface area contributed by atoms with E-state index in [1.54, 1.807) is 19.2 Å². The third-order valence-electron chi connectivity index (χ3n) is 4.79. The molecule has 136 valence electrons. The molecule has 0 saturated heterocycles. The van der Waals surface area contributed by atoms with Crippen LogP contribution in [0, 0.1) is 0 Å². The first-order chi connectivity index (χ1) is 13.0. The van der Waals surface area contributed by atoms with Crippen molar-refractivity contribution in [2.45, 2.75) is 6.42 Å². The molecule has 4 aromatic rings. The lowest BCUT2D eigenvalue weighted by Crippen LogP contribution is -2.32. The predicted molar refractivity (Wildman–Crippen MR) is 109 cm³/mol. The molecule has 27 heavy (non-hydrogen) atoms. The smallest absolute Gasteiger partial charge is 0.268 e. The van der Waals surface area contributed by atoms with E-state index < -0.39 is 0 Å². The van der Waals surface area contributed by atoms with E-state index in [4.69, 9.17) is 11.6 Å². The predicted octanol–water partition coefficient (Wildman–Crippen LogP) is 3.65. The van der Waals surface area contributed by atoms with Gasteiger partial charge >= 0.3 is 0 Å². The number of pyridine rings is 1. The molecule has 2 aromatic heterocycles. The van der Waals surface area contributed by atoms with Crippen molar-refractivity contribution in [2.75, 3.05) is 6.54 Å². The minimum absolute atomic E-state index is 0.176. The van der Waals surface area contributed by atoms with Crippen LogP contribution in [0.4, 0.5) is 0 Å². The lowest BCUT2D eigenvalue weighted by Gasteiger charge is -2.10. The zero-order chi connectivity index (χ0) is 19.0. The summed E-state index contributed by atoms with van der Waals surface area (Å²) in [5, 5.41) is 6.00. The maximum atomic E-state index is 12.6. The summed E-state index contributed by atoms with van der Waals surface area (Å²) in [5.41, 5.74) is 2.27. The Bertz CT molecular complexity index is 1220. The third kappa shape index (κ3) is 3.22. The summed E-state index contributed by atoms with van der Waals surface area (Å²) >= 11 is 6.08. The molecule has 2 N–H and O–H groups in total. The fraction of sp³-hybridized carbons (Fsp3) is 0.143. The summed E-state index contributed by atoms with van der Waals surface area (Å²) in [6, 6.07) is 14.7. The number of carbonyl (C=O) groups is 1. The van der Waals surface area contributed by atoms with Crippen LogP contribution in [-0.4, -0.2) is 22.0 Å². The molecule has 0 aliphatic rings. The summed E-state index contributed by atoms with van der Waals surface area (Å²) < 4.78 is 1.39. The maximum absolute atomic E-state index is 12.6. The Balaban J connectivity index is 1.53. The summed E-state index contributed by atoms with van der Waals surface area (Å²) in [6.07, 6.45) is 2.59. The van der Waals surface area contributed by atoms with E-state index in [1.807, 2.05) is 42.6 Å². The van der Waals surface area contributed by atoms with Crippen molar-refractivity contribution in [2.24, 2.45) is 7.05 Å². The number of fused-ring (bicyclic) bond motifs is 2. The maximum Gasteiger partial charge on any atom is 0.268 e. The molecule has 0 aliphatic heterocycles. The van der Waals surface area contributed by atoms with Gasteiger partial charge in [-0.3, -0.25) is 9.59 Å². The van der Waals surface area contributed by atoms with Crippen molar-refractivity contribution in [3.05, 3.63) is 81.4 Å². The summed E-state index contributed by atoms with van der Waals surface area (Å²) in [4.78, 5) is 28.3. The monoisotopic (exact) mass is 379 g/mol. The highest BCUT2D eigenvalue weighted by molar-refractivity contribution is 6.31. The van der Waals surface area contributed by atoms with Crippen LogP contribution >= 0.6 is 11.6 Å². The highest BCUT2D eigenvalue weighted by Gasteiger charge is 2.13. The second-order valence-corrected chi connectivity index (χ2v) is 6.93. The zero-order valence-electron chi connectivity index (χ0n) is 14.8. The fourth-order valence-corrected chi connectivity index (χ4v) is 3.50. The number of carbonyl (C=O) groups excluding carboxylic acids is 1. The second kappa shape index (κ2) is 6.93. The Morgan fingerprint density at radius 1 is 1.15 bits per heavy atom. The Labute approximate surface area is 160 Å². The zero-order valence-corrected chi connectivity index (χ0v) is 15.5. The average Bonchev–Trinajstić information content (AvgIpc) is 3.06. The first-order valence-electron chi connectivity index (χ1n) is 8.67. The number of nitrogens with zero attached hydrogens (tertiary/aromatic N) is 1. The number of benzene rings is 2. The third-order valence-corrected chi connectivity index (χ3v) is 5.03. The normalized spacial score (nSPS) is 11.2. The largest absolute Gasteiger partial charge is 0.361 e. The van der Waals surface area contributed by atoms with Gasteiger partial charge in [0.2, 0.25) is 0 Å². The number of hydrogen-bond donors (Lipinski definition) is 2. The second-order valence-electron chi connectivity index (χ2n) is 6.49. The molecule has 5 nitrogen and oxygen atoms in total. The van der Waals surface area contributed by atoms with Crippen molar-refractivity contribution in [3.63, 3.8) is 0 Å². The summed E-state index contributed by atoms with van der Waals surface area (Å²) in [6.45, 7) is 0.458. The van der Waals surface area contributed by atoms with Crippen LogP contribution in [0.15, 0.2) is 59.5 Å². The highest BCUT2D eigenvalue weighted by Crippen LogP contribution is 2.22. The van der Waals surface area contributed by atoms with Crippen LogP contribution in [0.2, 0.25) is 5.02 Å². The van der Waals surface area contributed by atoms with Gasteiger partial charge in [-0.05, 0) is 47.7 Å². The van der Waals surface area contributed by atoms with Gasteiger partial charge in [-0.2, -0.15) is 0 Å². The van der Waals surface area contributed by atoms with Crippen molar-refractivity contribution in [1.29, 1.82) is 0 Å². The molecule has 2 heterocycles. The van der Waals surface area contributed by atoms with E-state index in [0.717, 1.165) is 21.9 Å². The van der Waals surface area contributed by atoms with Crippen molar-refractivity contribution >= 4 is 39.2 Å². The van der Waals surface area contributed by atoms with Gasteiger partial charge < -0.3 is 14.9 Å². The number of halogens is 1. The van der Waals surface area contributed by atoms with Crippen molar-refractivity contribution in [1.82, 2.24) is 14.9 Å². The highest BCUT2D eigenvalue weighted by atomic mass is 35.5. The Morgan fingerprint density at radius 2 is 1.96 bits per heavy atom.